The van der Waals surface area contributed by atoms with Crippen LogP contribution in [0.2, 0.25) is 0 Å². The zero-order valence-corrected chi connectivity index (χ0v) is 12.6. The molecule has 5 nitrogen and oxygen atoms in total. The van der Waals surface area contributed by atoms with Crippen LogP contribution in [0.5, 0.6) is 0 Å². The molecule has 116 valence electrons. The third-order valence-electron chi connectivity index (χ3n) is 3.82. The van der Waals surface area contributed by atoms with Gasteiger partial charge in [-0.15, -0.1) is 0 Å². The highest BCUT2D eigenvalue weighted by atomic mass is 16.5. The highest BCUT2D eigenvalue weighted by molar-refractivity contribution is 6.12. The van der Waals surface area contributed by atoms with Gasteiger partial charge in [0.15, 0.2) is 0 Å². The van der Waals surface area contributed by atoms with Crippen molar-refractivity contribution in [3.63, 3.8) is 0 Å². The summed E-state index contributed by atoms with van der Waals surface area (Å²) in [5.41, 5.74) is -0.884. The van der Waals surface area contributed by atoms with Gasteiger partial charge < -0.3 is 4.74 Å². The summed E-state index contributed by atoms with van der Waals surface area (Å²) in [5.74, 6) is -1.49. The summed E-state index contributed by atoms with van der Waals surface area (Å²) < 4.78 is 5.02. The molecule has 1 fully saturated rings. The Hall–Kier alpha value is -2.43. The van der Waals surface area contributed by atoms with E-state index in [0.717, 1.165) is 4.90 Å². The average molecular weight is 301 g/mol. The van der Waals surface area contributed by atoms with Gasteiger partial charge in [-0.2, -0.15) is 0 Å². The Morgan fingerprint density at radius 1 is 1.36 bits per heavy atom. The van der Waals surface area contributed by atoms with Gasteiger partial charge in [0.2, 0.25) is 5.91 Å². The minimum Gasteiger partial charge on any atom is -0.461 e. The van der Waals surface area contributed by atoms with Gasteiger partial charge in [0, 0.05) is 12.1 Å². The number of amides is 2. The SMILES string of the molecule is C=CCOC(=O)C1(C)CCCN(C(=O)c2ccccc2)C1=O. The van der Waals surface area contributed by atoms with Crippen molar-refractivity contribution in [2.75, 3.05) is 13.2 Å². The molecule has 1 aromatic carbocycles. The number of imide groups is 1. The number of esters is 1. The van der Waals surface area contributed by atoms with E-state index in [0.29, 0.717) is 24.9 Å². The lowest BCUT2D eigenvalue weighted by atomic mass is 9.80. The summed E-state index contributed by atoms with van der Waals surface area (Å²) >= 11 is 0. The normalized spacial score (nSPS) is 21.3. The minimum atomic E-state index is -1.31. The van der Waals surface area contributed by atoms with Gasteiger partial charge in [-0.1, -0.05) is 30.9 Å². The van der Waals surface area contributed by atoms with Crippen LogP contribution in [-0.2, 0) is 14.3 Å². The summed E-state index contributed by atoms with van der Waals surface area (Å²) in [6.07, 6.45) is 2.39. The number of nitrogens with zero attached hydrogens (tertiary/aromatic N) is 1. The van der Waals surface area contributed by atoms with Crippen molar-refractivity contribution in [2.45, 2.75) is 19.8 Å². The number of benzene rings is 1. The zero-order chi connectivity index (χ0) is 16.2. The Bertz CT molecular complexity index is 596. The van der Waals surface area contributed by atoms with E-state index in [-0.39, 0.29) is 12.5 Å². The molecule has 1 unspecified atom stereocenters. The number of carbonyl (C=O) groups is 3. The van der Waals surface area contributed by atoms with Gasteiger partial charge in [0.1, 0.15) is 12.0 Å². The van der Waals surface area contributed by atoms with Gasteiger partial charge in [-0.25, -0.2) is 0 Å². The van der Waals surface area contributed by atoms with E-state index in [1.165, 1.54) is 13.0 Å². The summed E-state index contributed by atoms with van der Waals surface area (Å²) in [6, 6.07) is 8.57. The van der Waals surface area contributed by atoms with Crippen LogP contribution in [0, 0.1) is 5.41 Å². The first-order chi connectivity index (χ1) is 10.5. The van der Waals surface area contributed by atoms with Crippen LogP contribution in [0.25, 0.3) is 0 Å². The maximum atomic E-state index is 12.6. The predicted octanol–water partition coefficient (Wildman–Crippen LogP) is 2.18. The van der Waals surface area contributed by atoms with Crippen molar-refractivity contribution in [2.24, 2.45) is 5.41 Å². The molecule has 2 amide bonds. The number of hydrogen-bond acceptors (Lipinski definition) is 4. The average Bonchev–Trinajstić information content (AvgIpc) is 2.55. The molecule has 0 bridgehead atoms. The fraction of sp³-hybridized carbons (Fsp3) is 0.353. The van der Waals surface area contributed by atoms with Crippen molar-refractivity contribution in [1.29, 1.82) is 0 Å². The first-order valence-electron chi connectivity index (χ1n) is 7.20. The molecule has 1 atom stereocenters. The highest BCUT2D eigenvalue weighted by Gasteiger charge is 2.49. The first kappa shape index (κ1) is 15.9. The second kappa shape index (κ2) is 6.56. The molecule has 0 radical (unpaired) electrons. The largest absolute Gasteiger partial charge is 0.461 e. The zero-order valence-electron chi connectivity index (χ0n) is 12.6. The van der Waals surface area contributed by atoms with E-state index >= 15 is 0 Å². The molecular weight excluding hydrogens is 282 g/mol. The Balaban J connectivity index is 2.21. The third-order valence-corrected chi connectivity index (χ3v) is 3.82. The Kier molecular flexibility index (Phi) is 4.75. The fourth-order valence-corrected chi connectivity index (χ4v) is 2.51. The fourth-order valence-electron chi connectivity index (χ4n) is 2.51. The number of carbonyl (C=O) groups excluding carboxylic acids is 3. The van der Waals surface area contributed by atoms with Crippen LogP contribution in [0.3, 0.4) is 0 Å². The molecule has 1 aliphatic rings. The lowest BCUT2D eigenvalue weighted by Crippen LogP contribution is -2.53. The quantitative estimate of drug-likeness (QED) is 0.370. The molecule has 1 saturated heterocycles. The van der Waals surface area contributed by atoms with Crippen molar-refractivity contribution in [3.8, 4) is 0 Å². The number of piperidine rings is 1. The topological polar surface area (TPSA) is 63.7 Å². The van der Waals surface area contributed by atoms with Crippen LogP contribution in [-0.4, -0.2) is 35.8 Å². The minimum absolute atomic E-state index is 0.0499. The van der Waals surface area contributed by atoms with Gasteiger partial charge >= 0.3 is 5.97 Å². The van der Waals surface area contributed by atoms with E-state index < -0.39 is 17.3 Å². The van der Waals surface area contributed by atoms with Crippen LogP contribution in [0.15, 0.2) is 43.0 Å². The van der Waals surface area contributed by atoms with Crippen LogP contribution in [0.1, 0.15) is 30.1 Å². The van der Waals surface area contributed by atoms with Crippen LogP contribution in [0.4, 0.5) is 0 Å². The Morgan fingerprint density at radius 2 is 2.05 bits per heavy atom. The first-order valence-corrected chi connectivity index (χ1v) is 7.20. The smallest absolute Gasteiger partial charge is 0.321 e. The molecule has 0 aromatic heterocycles. The molecule has 22 heavy (non-hydrogen) atoms. The second-order valence-corrected chi connectivity index (χ2v) is 5.45. The van der Waals surface area contributed by atoms with Crippen LogP contribution >= 0.6 is 0 Å². The molecule has 0 spiro atoms. The Labute approximate surface area is 129 Å². The maximum Gasteiger partial charge on any atom is 0.321 e. The lowest BCUT2D eigenvalue weighted by Gasteiger charge is -2.36. The molecule has 0 aliphatic carbocycles. The molecule has 0 N–H and O–H groups in total. The van der Waals surface area contributed by atoms with Gasteiger partial charge in [-0.05, 0) is 31.9 Å². The van der Waals surface area contributed by atoms with E-state index in [1.807, 2.05) is 0 Å². The molecule has 1 aliphatic heterocycles. The molecule has 5 heteroatoms. The van der Waals surface area contributed by atoms with Crippen molar-refractivity contribution in [1.82, 2.24) is 4.90 Å². The Morgan fingerprint density at radius 3 is 2.68 bits per heavy atom. The van der Waals surface area contributed by atoms with E-state index in [4.69, 9.17) is 4.74 Å². The molecule has 1 heterocycles. The second-order valence-electron chi connectivity index (χ2n) is 5.45. The van der Waals surface area contributed by atoms with Crippen LogP contribution < -0.4 is 0 Å². The van der Waals surface area contributed by atoms with Gasteiger partial charge in [0.25, 0.3) is 5.91 Å². The number of hydrogen-bond donors (Lipinski definition) is 0. The summed E-state index contributed by atoms with van der Waals surface area (Å²) in [5, 5.41) is 0. The molecule has 1 aromatic rings. The third kappa shape index (κ3) is 2.93. The molecular formula is C17H19NO4. The predicted molar refractivity (Wildman–Crippen MR) is 81.0 cm³/mol. The number of rotatable bonds is 4. The summed E-state index contributed by atoms with van der Waals surface area (Å²) in [6.45, 7) is 5.37. The van der Waals surface area contributed by atoms with Gasteiger partial charge in [-0.3, -0.25) is 19.3 Å². The monoisotopic (exact) mass is 301 g/mol. The standard InChI is InChI=1S/C17H19NO4/c1-3-12-22-16(21)17(2)10-7-11-18(15(17)20)14(19)13-8-5-4-6-9-13/h3-6,8-9H,1,7,10-12H2,2H3. The lowest BCUT2D eigenvalue weighted by molar-refractivity contribution is -0.165. The van der Waals surface area contributed by atoms with E-state index in [9.17, 15) is 14.4 Å². The summed E-state index contributed by atoms with van der Waals surface area (Å²) in [7, 11) is 0. The van der Waals surface area contributed by atoms with Gasteiger partial charge in [0.05, 0.1) is 0 Å². The molecule has 0 saturated carbocycles. The van der Waals surface area contributed by atoms with E-state index in [2.05, 4.69) is 6.58 Å². The van der Waals surface area contributed by atoms with Crippen molar-refractivity contribution >= 4 is 17.8 Å². The highest BCUT2D eigenvalue weighted by Crippen LogP contribution is 2.33. The van der Waals surface area contributed by atoms with E-state index in [1.54, 1.807) is 30.3 Å². The number of likely N-dealkylation sites (tertiary alicyclic amines) is 1. The maximum absolute atomic E-state index is 12.6. The molecule has 2 rings (SSSR count). The number of ether oxygens (including phenoxy) is 1. The van der Waals surface area contributed by atoms with Crippen molar-refractivity contribution in [3.05, 3.63) is 48.6 Å². The summed E-state index contributed by atoms with van der Waals surface area (Å²) in [4.78, 5) is 38.4. The van der Waals surface area contributed by atoms with Crippen molar-refractivity contribution < 1.29 is 19.1 Å².